The molecular weight excluding hydrogens is 822 g/mol. The lowest BCUT2D eigenvalue weighted by Gasteiger charge is -2.34. The molecule has 0 rings (SSSR count). The second-order valence-corrected chi connectivity index (χ2v) is 14.8. The molecule has 0 spiro atoms. The SMILES string of the molecule is CCCCCCCCCCCCCCOC(=O)COCCOCCOCCOCCOCC(=O)CC(CN(CCN(CC(=O)O)CC(=O)O)CC(=O)O)N(CC(=O)O)CC(=O)O. The second-order valence-electron chi connectivity index (χ2n) is 14.8. The number of rotatable bonds is 47. The molecule has 5 N–H and O–H groups in total. The molecule has 0 aromatic carbocycles. The molecule has 21 nitrogen and oxygen atoms in total. The van der Waals surface area contributed by atoms with E-state index in [2.05, 4.69) is 6.92 Å². The summed E-state index contributed by atoms with van der Waals surface area (Å²) in [5, 5.41) is 46.5. The van der Waals surface area contributed by atoms with Crippen molar-refractivity contribution in [3.05, 3.63) is 0 Å². The summed E-state index contributed by atoms with van der Waals surface area (Å²) in [6.07, 6.45) is 14.4. The summed E-state index contributed by atoms with van der Waals surface area (Å²) >= 11 is 0. The van der Waals surface area contributed by atoms with Crippen LogP contribution in [-0.4, -0.2) is 213 Å². The fourth-order valence-electron chi connectivity index (χ4n) is 6.19. The molecule has 360 valence electrons. The van der Waals surface area contributed by atoms with Crippen molar-refractivity contribution in [1.82, 2.24) is 14.7 Å². The minimum atomic E-state index is -1.40. The van der Waals surface area contributed by atoms with Gasteiger partial charge in [0, 0.05) is 32.1 Å². The number of unbranched alkanes of at least 4 members (excludes halogenated alkanes) is 11. The Hall–Kier alpha value is -3.83. The number of Topliss-reactive ketones (excluding diaryl/α,β-unsaturated/α-hetero) is 1. The van der Waals surface area contributed by atoms with Gasteiger partial charge in [-0.05, 0) is 6.42 Å². The number of ketones is 1. The summed E-state index contributed by atoms with van der Waals surface area (Å²) in [5.74, 6) is -7.67. The number of hydrogen-bond donors (Lipinski definition) is 5. The second kappa shape index (κ2) is 40.0. The highest BCUT2D eigenvalue weighted by atomic mass is 16.6. The van der Waals surface area contributed by atoms with E-state index in [1.807, 2.05) is 0 Å². The third-order valence-electron chi connectivity index (χ3n) is 9.17. The van der Waals surface area contributed by atoms with Crippen LogP contribution in [0.1, 0.15) is 90.4 Å². The van der Waals surface area contributed by atoms with E-state index < -0.39 is 93.4 Å². The zero-order valence-electron chi connectivity index (χ0n) is 36.6. The molecule has 0 aromatic heterocycles. The fourth-order valence-corrected chi connectivity index (χ4v) is 6.19. The maximum absolute atomic E-state index is 12.9. The van der Waals surface area contributed by atoms with Crippen LogP contribution in [0.25, 0.3) is 0 Å². The predicted octanol–water partition coefficient (Wildman–Crippen LogP) is 1.97. The Morgan fingerprint density at radius 1 is 0.435 bits per heavy atom. The van der Waals surface area contributed by atoms with Gasteiger partial charge in [0.05, 0.1) is 92.2 Å². The summed E-state index contributed by atoms with van der Waals surface area (Å²) in [4.78, 5) is 85.1. The first-order chi connectivity index (χ1) is 29.7. The van der Waals surface area contributed by atoms with Crippen LogP contribution in [0, 0.1) is 0 Å². The van der Waals surface area contributed by atoms with E-state index in [1.54, 1.807) is 0 Å². The smallest absolute Gasteiger partial charge is 0.332 e. The minimum absolute atomic E-state index is 0.00849. The Balaban J connectivity index is 4.29. The molecule has 1 atom stereocenters. The molecule has 0 aliphatic rings. The largest absolute Gasteiger partial charge is 0.480 e. The van der Waals surface area contributed by atoms with E-state index in [9.17, 15) is 48.9 Å². The van der Waals surface area contributed by atoms with Crippen LogP contribution in [0.5, 0.6) is 0 Å². The highest BCUT2D eigenvalue weighted by molar-refractivity contribution is 5.80. The van der Waals surface area contributed by atoms with E-state index in [1.165, 1.54) is 62.7 Å². The molecule has 0 saturated carbocycles. The lowest BCUT2D eigenvalue weighted by atomic mass is 10.1. The van der Waals surface area contributed by atoms with Crippen LogP contribution in [0.3, 0.4) is 0 Å². The van der Waals surface area contributed by atoms with Crippen molar-refractivity contribution >= 4 is 41.6 Å². The van der Waals surface area contributed by atoms with Crippen LogP contribution < -0.4 is 0 Å². The Morgan fingerprint density at radius 3 is 1.24 bits per heavy atom. The number of nitrogens with zero attached hydrogens (tertiary/aromatic N) is 3. The first-order valence-corrected chi connectivity index (χ1v) is 21.6. The lowest BCUT2D eigenvalue weighted by Crippen LogP contribution is -2.51. The average molecular weight is 896 g/mol. The van der Waals surface area contributed by atoms with Gasteiger partial charge in [0.2, 0.25) is 0 Å². The van der Waals surface area contributed by atoms with Crippen molar-refractivity contribution in [3.63, 3.8) is 0 Å². The molecule has 0 aliphatic heterocycles. The number of carbonyl (C=O) groups is 7. The normalized spacial score (nSPS) is 11.9. The summed E-state index contributed by atoms with van der Waals surface area (Å²) in [7, 11) is 0. The first kappa shape index (κ1) is 58.2. The van der Waals surface area contributed by atoms with Crippen molar-refractivity contribution in [2.24, 2.45) is 0 Å². The van der Waals surface area contributed by atoms with Gasteiger partial charge in [-0.1, -0.05) is 77.6 Å². The Morgan fingerprint density at radius 2 is 0.806 bits per heavy atom. The third-order valence-corrected chi connectivity index (χ3v) is 9.17. The third kappa shape index (κ3) is 39.0. The topological polar surface area (TPSA) is 286 Å². The number of carboxylic acids is 5. The van der Waals surface area contributed by atoms with Gasteiger partial charge in [0.15, 0.2) is 5.78 Å². The van der Waals surface area contributed by atoms with Gasteiger partial charge in [-0.3, -0.25) is 43.5 Å². The number of hydrogen-bond acceptors (Lipinski definition) is 16. The predicted molar refractivity (Wildman–Crippen MR) is 222 cm³/mol. The van der Waals surface area contributed by atoms with E-state index in [-0.39, 0.29) is 65.9 Å². The summed E-state index contributed by atoms with van der Waals surface area (Å²) < 4.78 is 32.2. The molecule has 21 heteroatoms. The van der Waals surface area contributed by atoms with E-state index in [0.717, 1.165) is 29.1 Å². The van der Waals surface area contributed by atoms with Gasteiger partial charge in [-0.2, -0.15) is 0 Å². The van der Waals surface area contributed by atoms with Gasteiger partial charge in [0.25, 0.3) is 0 Å². The molecule has 0 heterocycles. The highest BCUT2D eigenvalue weighted by Crippen LogP contribution is 2.13. The maximum Gasteiger partial charge on any atom is 0.332 e. The van der Waals surface area contributed by atoms with Crippen molar-refractivity contribution in [1.29, 1.82) is 0 Å². The number of ether oxygens (including phenoxy) is 6. The molecule has 0 bridgehead atoms. The lowest BCUT2D eigenvalue weighted by molar-refractivity contribution is -0.150. The van der Waals surface area contributed by atoms with Crippen molar-refractivity contribution in [2.45, 2.75) is 96.4 Å². The number of carboxylic acid groups (broad SMARTS) is 5. The van der Waals surface area contributed by atoms with E-state index in [0.29, 0.717) is 19.8 Å². The Kier molecular flexibility index (Phi) is 37.5. The van der Waals surface area contributed by atoms with Crippen LogP contribution in [0.15, 0.2) is 0 Å². The van der Waals surface area contributed by atoms with Crippen LogP contribution in [0.4, 0.5) is 0 Å². The Bertz CT molecular complexity index is 1210. The van der Waals surface area contributed by atoms with E-state index >= 15 is 0 Å². The van der Waals surface area contributed by atoms with Gasteiger partial charge in [-0.15, -0.1) is 0 Å². The Labute approximate surface area is 364 Å². The van der Waals surface area contributed by atoms with Gasteiger partial charge in [0.1, 0.15) is 13.2 Å². The quantitative estimate of drug-likeness (QED) is 0.0431. The van der Waals surface area contributed by atoms with E-state index in [4.69, 9.17) is 38.6 Å². The summed E-state index contributed by atoms with van der Waals surface area (Å²) in [6.45, 7) is -0.463. The van der Waals surface area contributed by atoms with Crippen LogP contribution >= 0.6 is 0 Å². The van der Waals surface area contributed by atoms with Gasteiger partial charge in [-0.25, -0.2) is 4.79 Å². The van der Waals surface area contributed by atoms with Crippen molar-refractivity contribution < 1.29 is 87.5 Å². The molecule has 0 fully saturated rings. The van der Waals surface area contributed by atoms with Crippen LogP contribution in [-0.2, 0) is 62.0 Å². The molecular formula is C41H73N3O18. The standard InChI is InChI=1S/C41H73N3O18/c1-2-3-4-5-6-7-8-9-10-11-12-13-16-62-41(56)33-61-24-22-59-20-18-57-17-19-58-21-23-60-32-35(45)25-34(44(30-39(52)53)31-40(54)55)26-42(27-36(46)47)14-15-43(28-37(48)49)29-38(50)51/h34H,2-33H2,1H3,(H,46,47)(H,48,49)(H,50,51)(H,52,53)(H,54,55). The minimum Gasteiger partial charge on any atom is -0.480 e. The number of carbonyl (C=O) groups excluding carboxylic acids is 2. The molecule has 0 radical (unpaired) electrons. The average Bonchev–Trinajstić information content (AvgIpc) is 3.18. The molecule has 0 aliphatic carbocycles. The van der Waals surface area contributed by atoms with Gasteiger partial charge < -0.3 is 54.0 Å². The molecule has 0 saturated heterocycles. The number of esters is 1. The molecule has 1 unspecified atom stereocenters. The van der Waals surface area contributed by atoms with Crippen molar-refractivity contribution in [2.75, 3.05) is 125 Å². The molecule has 62 heavy (non-hydrogen) atoms. The maximum atomic E-state index is 12.9. The zero-order valence-corrected chi connectivity index (χ0v) is 36.6. The monoisotopic (exact) mass is 895 g/mol. The van der Waals surface area contributed by atoms with Crippen LogP contribution in [0.2, 0.25) is 0 Å². The fraction of sp³-hybridized carbons (Fsp3) is 0.829. The summed E-state index contributed by atoms with van der Waals surface area (Å²) in [6, 6.07) is -1.11. The zero-order chi connectivity index (χ0) is 46.2. The summed E-state index contributed by atoms with van der Waals surface area (Å²) in [5.41, 5.74) is 0. The van der Waals surface area contributed by atoms with Crippen molar-refractivity contribution in [3.8, 4) is 0 Å². The highest BCUT2D eigenvalue weighted by Gasteiger charge is 2.29. The number of aliphatic carboxylic acids is 5. The first-order valence-electron chi connectivity index (χ1n) is 21.6. The molecule has 0 aromatic rings. The molecule has 0 amide bonds. The van der Waals surface area contributed by atoms with Gasteiger partial charge >= 0.3 is 35.8 Å².